The van der Waals surface area contributed by atoms with Crippen LogP contribution >= 0.6 is 34.4 Å². The largest absolute Gasteiger partial charge is 0.497 e. The second-order valence-electron chi connectivity index (χ2n) is 6.10. The molecule has 26 heavy (non-hydrogen) atoms. The lowest BCUT2D eigenvalue weighted by molar-refractivity contribution is 0.413. The number of hydrogen-bond donors (Lipinski definition) is 2. The van der Waals surface area contributed by atoms with Gasteiger partial charge in [0, 0.05) is 27.6 Å². The van der Waals surface area contributed by atoms with Gasteiger partial charge in [-0.2, -0.15) is 0 Å². The molecule has 3 N–H and O–H groups in total. The molecule has 0 saturated heterocycles. The number of fused-ring (bicyclic) bond motifs is 1. The average molecular weight is 482 g/mol. The molecule has 1 fully saturated rings. The minimum absolute atomic E-state index is 0.408. The maximum Gasteiger partial charge on any atom is 0.175 e. The molecule has 0 spiro atoms. The molecule has 7 nitrogen and oxygen atoms in total. The molecular weight excluding hydrogens is 463 g/mol. The van der Waals surface area contributed by atoms with Gasteiger partial charge in [0.05, 0.1) is 7.11 Å². The minimum atomic E-state index is 0.408. The molecule has 0 radical (unpaired) electrons. The van der Waals surface area contributed by atoms with Crippen LogP contribution in [0.5, 0.6) is 5.75 Å². The number of imidazole rings is 1. The standard InChI is InChI=1S/C17H19IN6OS/c1-25-11-4-5-12(18)13(8-11)26-17-23-14-15(19)21-9-22-16(14)24(17)7-6-20-10-2-3-10/h4-5,8-10,20H,2-3,6-7H2,1H3,(H2,19,21,22). The fourth-order valence-electron chi connectivity index (χ4n) is 2.67. The van der Waals surface area contributed by atoms with Crippen molar-refractivity contribution in [2.45, 2.75) is 35.5 Å². The predicted molar refractivity (Wildman–Crippen MR) is 111 cm³/mol. The molecule has 4 rings (SSSR count). The summed E-state index contributed by atoms with van der Waals surface area (Å²) in [4.78, 5) is 14.3. The third kappa shape index (κ3) is 3.74. The van der Waals surface area contributed by atoms with Gasteiger partial charge in [0.2, 0.25) is 0 Å². The van der Waals surface area contributed by atoms with Crippen LogP contribution in [0.15, 0.2) is 34.6 Å². The Hall–Kier alpha value is -1.59. The molecule has 0 amide bonds. The first kappa shape index (κ1) is 17.8. The van der Waals surface area contributed by atoms with E-state index < -0.39 is 0 Å². The number of nitrogens with one attached hydrogen (secondary N) is 1. The van der Waals surface area contributed by atoms with Crippen LogP contribution in [0, 0.1) is 3.57 Å². The van der Waals surface area contributed by atoms with Crippen LogP contribution in [-0.2, 0) is 6.54 Å². The number of nitrogen functional groups attached to an aromatic ring is 1. The number of hydrogen-bond acceptors (Lipinski definition) is 7. The molecule has 0 unspecified atom stereocenters. The monoisotopic (exact) mass is 482 g/mol. The van der Waals surface area contributed by atoms with Gasteiger partial charge in [-0.15, -0.1) is 0 Å². The van der Waals surface area contributed by atoms with E-state index in [1.165, 1.54) is 19.2 Å². The molecule has 3 aromatic rings. The van der Waals surface area contributed by atoms with Crippen molar-refractivity contribution in [3.05, 3.63) is 28.1 Å². The summed E-state index contributed by atoms with van der Waals surface area (Å²) in [6.07, 6.45) is 4.03. The first-order valence-corrected chi connectivity index (χ1v) is 10.3. The van der Waals surface area contributed by atoms with Crippen molar-refractivity contribution in [1.29, 1.82) is 0 Å². The Morgan fingerprint density at radius 2 is 2.23 bits per heavy atom. The third-order valence-electron chi connectivity index (χ3n) is 4.21. The highest BCUT2D eigenvalue weighted by Crippen LogP contribution is 2.35. The number of nitrogens with two attached hydrogens (primary N) is 1. The lowest BCUT2D eigenvalue weighted by atomic mass is 10.3. The van der Waals surface area contributed by atoms with E-state index in [2.05, 4.69) is 42.4 Å². The first-order chi connectivity index (χ1) is 12.7. The number of benzene rings is 1. The average Bonchev–Trinajstić information content (AvgIpc) is 3.40. The van der Waals surface area contributed by atoms with E-state index in [9.17, 15) is 0 Å². The van der Waals surface area contributed by atoms with E-state index in [4.69, 9.17) is 15.5 Å². The van der Waals surface area contributed by atoms with Gasteiger partial charge in [0.25, 0.3) is 0 Å². The second kappa shape index (κ2) is 7.57. The van der Waals surface area contributed by atoms with Crippen molar-refractivity contribution < 1.29 is 4.74 Å². The Morgan fingerprint density at radius 3 is 3.00 bits per heavy atom. The molecule has 9 heteroatoms. The SMILES string of the molecule is COc1ccc(I)c(Sc2nc3c(N)ncnc3n2CCNC2CC2)c1. The third-order valence-corrected chi connectivity index (χ3v) is 6.57. The van der Waals surface area contributed by atoms with Gasteiger partial charge in [0.15, 0.2) is 22.1 Å². The molecule has 0 aliphatic heterocycles. The number of ether oxygens (including phenoxy) is 1. The Balaban J connectivity index is 1.69. The lowest BCUT2D eigenvalue weighted by Crippen LogP contribution is -2.22. The van der Waals surface area contributed by atoms with E-state index >= 15 is 0 Å². The number of methoxy groups -OCH3 is 1. The van der Waals surface area contributed by atoms with E-state index in [1.807, 2.05) is 18.2 Å². The highest BCUT2D eigenvalue weighted by atomic mass is 127. The molecule has 0 bridgehead atoms. The fourth-order valence-corrected chi connectivity index (χ4v) is 4.30. The molecule has 2 heterocycles. The number of halogens is 1. The van der Waals surface area contributed by atoms with E-state index in [-0.39, 0.29) is 0 Å². The zero-order valence-corrected chi connectivity index (χ0v) is 17.2. The van der Waals surface area contributed by atoms with Crippen LogP contribution in [0.2, 0.25) is 0 Å². The van der Waals surface area contributed by atoms with Crippen LogP contribution in [0.1, 0.15) is 12.8 Å². The molecule has 2 aromatic heterocycles. The Bertz CT molecular complexity index is 942. The van der Waals surface area contributed by atoms with Crippen LogP contribution in [-0.4, -0.2) is 39.2 Å². The summed E-state index contributed by atoms with van der Waals surface area (Å²) in [5.74, 6) is 1.23. The van der Waals surface area contributed by atoms with Gasteiger partial charge in [-0.25, -0.2) is 15.0 Å². The molecule has 1 saturated carbocycles. The van der Waals surface area contributed by atoms with E-state index in [1.54, 1.807) is 18.9 Å². The van der Waals surface area contributed by atoms with Crippen molar-refractivity contribution >= 4 is 51.3 Å². The zero-order chi connectivity index (χ0) is 18.1. The molecule has 0 atom stereocenters. The van der Waals surface area contributed by atoms with Crippen molar-refractivity contribution in [3.63, 3.8) is 0 Å². The zero-order valence-electron chi connectivity index (χ0n) is 14.3. The topological polar surface area (TPSA) is 90.9 Å². The Kier molecular flexibility index (Phi) is 5.18. The van der Waals surface area contributed by atoms with E-state index in [0.717, 1.165) is 38.1 Å². The minimum Gasteiger partial charge on any atom is -0.497 e. The van der Waals surface area contributed by atoms with Crippen LogP contribution in [0.3, 0.4) is 0 Å². The Morgan fingerprint density at radius 1 is 1.38 bits per heavy atom. The smallest absolute Gasteiger partial charge is 0.175 e. The van der Waals surface area contributed by atoms with Crippen molar-refractivity contribution in [3.8, 4) is 5.75 Å². The van der Waals surface area contributed by atoms with Gasteiger partial charge in [0.1, 0.15) is 12.1 Å². The maximum absolute atomic E-state index is 6.02. The highest BCUT2D eigenvalue weighted by molar-refractivity contribution is 14.1. The van der Waals surface area contributed by atoms with Gasteiger partial charge >= 0.3 is 0 Å². The quantitative estimate of drug-likeness (QED) is 0.501. The maximum atomic E-state index is 6.02. The van der Waals surface area contributed by atoms with Crippen LogP contribution in [0.4, 0.5) is 5.82 Å². The van der Waals surface area contributed by atoms with Gasteiger partial charge < -0.3 is 20.4 Å². The summed E-state index contributed by atoms with van der Waals surface area (Å²) in [7, 11) is 1.67. The number of anilines is 1. The van der Waals surface area contributed by atoms with Gasteiger partial charge in [-0.3, -0.25) is 0 Å². The van der Waals surface area contributed by atoms with E-state index in [0.29, 0.717) is 17.4 Å². The van der Waals surface area contributed by atoms with Crippen molar-refractivity contribution in [2.75, 3.05) is 19.4 Å². The predicted octanol–water partition coefficient (Wildman–Crippen LogP) is 2.92. The molecule has 1 aromatic carbocycles. The summed E-state index contributed by atoms with van der Waals surface area (Å²) >= 11 is 3.92. The molecular formula is C17H19IN6OS. The summed E-state index contributed by atoms with van der Waals surface area (Å²) in [6.45, 7) is 1.66. The van der Waals surface area contributed by atoms with Crippen LogP contribution in [0.25, 0.3) is 11.2 Å². The summed E-state index contributed by atoms with van der Waals surface area (Å²) in [5, 5.41) is 4.40. The van der Waals surface area contributed by atoms with Crippen LogP contribution < -0.4 is 15.8 Å². The molecule has 136 valence electrons. The highest BCUT2D eigenvalue weighted by Gasteiger charge is 2.21. The normalized spacial score (nSPS) is 14.1. The molecule has 1 aliphatic carbocycles. The summed E-state index contributed by atoms with van der Waals surface area (Å²) < 4.78 is 8.61. The Labute approximate surface area is 169 Å². The van der Waals surface area contributed by atoms with Crippen molar-refractivity contribution in [2.24, 2.45) is 0 Å². The molecule has 1 aliphatic rings. The summed E-state index contributed by atoms with van der Waals surface area (Å²) in [5.41, 5.74) is 7.45. The number of rotatable bonds is 7. The van der Waals surface area contributed by atoms with Gasteiger partial charge in [-0.05, 0) is 53.6 Å². The summed E-state index contributed by atoms with van der Waals surface area (Å²) in [6, 6.07) is 6.68. The van der Waals surface area contributed by atoms with Crippen molar-refractivity contribution in [1.82, 2.24) is 24.8 Å². The first-order valence-electron chi connectivity index (χ1n) is 8.37. The number of nitrogens with zero attached hydrogens (tertiary/aromatic N) is 4. The van der Waals surface area contributed by atoms with Gasteiger partial charge in [-0.1, -0.05) is 11.8 Å². The fraction of sp³-hybridized carbons (Fsp3) is 0.353. The lowest BCUT2D eigenvalue weighted by Gasteiger charge is -2.10. The number of aromatic nitrogens is 4. The second-order valence-corrected chi connectivity index (χ2v) is 8.28.